The SMILES string of the molecule is O=C(Nc1ccc(OC2CCN(C(=O)NC3CCCCC3)CC2)nc1)C1CC1. The molecule has 0 atom stereocenters. The van der Waals surface area contributed by atoms with Crippen molar-refractivity contribution in [3.05, 3.63) is 18.3 Å². The van der Waals surface area contributed by atoms with Crippen LogP contribution in [0, 0.1) is 5.92 Å². The standard InChI is InChI=1S/C21H30N4O3/c26-20(15-6-7-15)23-17-8-9-19(22-14-17)28-18-10-12-25(13-11-18)21(27)24-16-4-2-1-3-5-16/h8-9,14-16,18H,1-7,10-13H2,(H,23,26)(H,24,27). The zero-order valence-corrected chi connectivity index (χ0v) is 16.4. The van der Waals surface area contributed by atoms with Gasteiger partial charge >= 0.3 is 6.03 Å². The van der Waals surface area contributed by atoms with Crippen LogP contribution < -0.4 is 15.4 Å². The van der Waals surface area contributed by atoms with Crippen molar-refractivity contribution in [2.75, 3.05) is 18.4 Å². The molecule has 1 aromatic heterocycles. The zero-order chi connectivity index (χ0) is 19.3. The van der Waals surface area contributed by atoms with Crippen molar-refractivity contribution >= 4 is 17.6 Å². The second kappa shape index (κ2) is 8.80. The first-order valence-electron chi connectivity index (χ1n) is 10.7. The Balaban J connectivity index is 1.19. The van der Waals surface area contributed by atoms with E-state index < -0.39 is 0 Å². The monoisotopic (exact) mass is 386 g/mol. The van der Waals surface area contributed by atoms with Crippen LogP contribution in [-0.2, 0) is 4.79 Å². The smallest absolute Gasteiger partial charge is 0.317 e. The molecule has 4 rings (SSSR count). The first-order valence-corrected chi connectivity index (χ1v) is 10.7. The van der Waals surface area contributed by atoms with Gasteiger partial charge in [0.1, 0.15) is 6.10 Å². The van der Waals surface area contributed by atoms with Crippen LogP contribution in [0.15, 0.2) is 18.3 Å². The lowest BCUT2D eigenvalue weighted by Gasteiger charge is -2.33. The van der Waals surface area contributed by atoms with Gasteiger partial charge in [-0.1, -0.05) is 19.3 Å². The maximum Gasteiger partial charge on any atom is 0.317 e. The van der Waals surface area contributed by atoms with Gasteiger partial charge in [0.15, 0.2) is 0 Å². The third-order valence-corrected chi connectivity index (χ3v) is 5.90. The Kier molecular flexibility index (Phi) is 5.98. The van der Waals surface area contributed by atoms with E-state index in [1.54, 1.807) is 12.3 Å². The van der Waals surface area contributed by atoms with Crippen LogP contribution in [0.4, 0.5) is 10.5 Å². The van der Waals surface area contributed by atoms with E-state index in [0.717, 1.165) is 38.5 Å². The molecule has 0 spiro atoms. The summed E-state index contributed by atoms with van der Waals surface area (Å²) in [6.07, 6.45) is 11.2. The Labute approximate surface area is 166 Å². The molecule has 3 fully saturated rings. The largest absolute Gasteiger partial charge is 0.474 e. The number of nitrogens with zero attached hydrogens (tertiary/aromatic N) is 2. The van der Waals surface area contributed by atoms with Gasteiger partial charge in [-0.25, -0.2) is 9.78 Å². The van der Waals surface area contributed by atoms with Crippen molar-refractivity contribution in [3.8, 4) is 5.88 Å². The number of carbonyl (C=O) groups excluding carboxylic acids is 2. The predicted molar refractivity (Wildman–Crippen MR) is 106 cm³/mol. The van der Waals surface area contributed by atoms with Crippen LogP contribution in [-0.4, -0.2) is 47.1 Å². The summed E-state index contributed by atoms with van der Waals surface area (Å²) < 4.78 is 5.97. The molecule has 7 nitrogen and oxygen atoms in total. The van der Waals surface area contributed by atoms with Crippen LogP contribution in [0.3, 0.4) is 0 Å². The van der Waals surface area contributed by atoms with Crippen molar-refractivity contribution in [1.29, 1.82) is 0 Å². The summed E-state index contributed by atoms with van der Waals surface area (Å²) >= 11 is 0. The lowest BCUT2D eigenvalue weighted by Crippen LogP contribution is -2.49. The first kappa shape index (κ1) is 19.0. The summed E-state index contributed by atoms with van der Waals surface area (Å²) in [5.41, 5.74) is 0.707. The number of carbonyl (C=O) groups is 2. The Morgan fingerprint density at radius 1 is 1.00 bits per heavy atom. The Hall–Kier alpha value is -2.31. The van der Waals surface area contributed by atoms with Crippen molar-refractivity contribution < 1.29 is 14.3 Å². The van der Waals surface area contributed by atoms with Gasteiger partial charge in [-0.3, -0.25) is 4.79 Å². The summed E-state index contributed by atoms with van der Waals surface area (Å²) in [4.78, 5) is 30.4. The summed E-state index contributed by atoms with van der Waals surface area (Å²) in [5.74, 6) is 0.820. The minimum Gasteiger partial charge on any atom is -0.474 e. The molecule has 152 valence electrons. The van der Waals surface area contributed by atoms with Crippen LogP contribution in [0.25, 0.3) is 0 Å². The average Bonchev–Trinajstić information content (AvgIpc) is 3.56. The molecule has 3 amide bonds. The van der Waals surface area contributed by atoms with Gasteiger partial charge < -0.3 is 20.3 Å². The van der Waals surface area contributed by atoms with E-state index in [1.165, 1.54) is 19.3 Å². The van der Waals surface area contributed by atoms with Crippen LogP contribution in [0.2, 0.25) is 0 Å². The maximum absolute atomic E-state index is 12.4. The number of urea groups is 1. The molecule has 7 heteroatoms. The summed E-state index contributed by atoms with van der Waals surface area (Å²) in [6, 6.07) is 4.04. The molecule has 0 unspecified atom stereocenters. The fourth-order valence-electron chi connectivity index (χ4n) is 3.97. The number of pyridine rings is 1. The molecule has 2 heterocycles. The fourth-order valence-corrected chi connectivity index (χ4v) is 3.97. The van der Waals surface area contributed by atoms with Crippen molar-refractivity contribution in [1.82, 2.24) is 15.2 Å². The molecule has 2 saturated carbocycles. The highest BCUT2D eigenvalue weighted by atomic mass is 16.5. The highest BCUT2D eigenvalue weighted by Crippen LogP contribution is 2.30. The number of aromatic nitrogens is 1. The molecule has 3 aliphatic rings. The van der Waals surface area contributed by atoms with Crippen LogP contribution in [0.1, 0.15) is 57.8 Å². The second-order valence-corrected chi connectivity index (χ2v) is 8.24. The summed E-state index contributed by atoms with van der Waals surface area (Å²) in [7, 11) is 0. The molecule has 1 aromatic rings. The van der Waals surface area contributed by atoms with Gasteiger partial charge in [0, 0.05) is 44.0 Å². The Morgan fingerprint density at radius 2 is 1.75 bits per heavy atom. The maximum atomic E-state index is 12.4. The molecular weight excluding hydrogens is 356 g/mol. The van der Waals surface area contributed by atoms with E-state index in [0.29, 0.717) is 30.7 Å². The zero-order valence-electron chi connectivity index (χ0n) is 16.4. The third kappa shape index (κ3) is 5.14. The van der Waals surface area contributed by atoms with Gasteiger partial charge in [0.2, 0.25) is 11.8 Å². The van der Waals surface area contributed by atoms with Gasteiger partial charge in [0.25, 0.3) is 0 Å². The number of rotatable bonds is 5. The third-order valence-electron chi connectivity index (χ3n) is 5.90. The molecule has 0 bridgehead atoms. The number of likely N-dealkylation sites (tertiary alicyclic amines) is 1. The number of amides is 3. The van der Waals surface area contributed by atoms with Gasteiger partial charge in [-0.15, -0.1) is 0 Å². The fraction of sp³-hybridized carbons (Fsp3) is 0.667. The quantitative estimate of drug-likeness (QED) is 0.813. The van der Waals surface area contributed by atoms with E-state index in [4.69, 9.17) is 4.74 Å². The molecule has 2 N–H and O–H groups in total. The number of hydrogen-bond donors (Lipinski definition) is 2. The van der Waals surface area contributed by atoms with Gasteiger partial charge in [-0.2, -0.15) is 0 Å². The summed E-state index contributed by atoms with van der Waals surface area (Å²) in [6.45, 7) is 1.41. The molecule has 0 radical (unpaired) electrons. The second-order valence-electron chi connectivity index (χ2n) is 8.24. The number of piperidine rings is 1. The first-order chi connectivity index (χ1) is 13.7. The highest BCUT2D eigenvalue weighted by molar-refractivity contribution is 5.93. The van der Waals surface area contributed by atoms with Gasteiger partial charge in [-0.05, 0) is 31.7 Å². The van der Waals surface area contributed by atoms with Crippen molar-refractivity contribution in [2.45, 2.75) is 69.9 Å². The molecular formula is C21H30N4O3. The number of ether oxygens (including phenoxy) is 1. The lowest BCUT2D eigenvalue weighted by molar-refractivity contribution is -0.117. The average molecular weight is 386 g/mol. The van der Waals surface area contributed by atoms with Crippen LogP contribution in [0.5, 0.6) is 5.88 Å². The number of nitrogens with one attached hydrogen (secondary N) is 2. The molecule has 1 aliphatic heterocycles. The van der Waals surface area contributed by atoms with E-state index >= 15 is 0 Å². The molecule has 2 aliphatic carbocycles. The summed E-state index contributed by atoms with van der Waals surface area (Å²) in [5, 5.41) is 6.06. The number of anilines is 1. The lowest BCUT2D eigenvalue weighted by atomic mass is 9.96. The topological polar surface area (TPSA) is 83.6 Å². The molecule has 1 saturated heterocycles. The minimum atomic E-state index is 0.0677. The van der Waals surface area contributed by atoms with E-state index in [9.17, 15) is 9.59 Å². The van der Waals surface area contributed by atoms with E-state index in [1.807, 2.05) is 11.0 Å². The highest BCUT2D eigenvalue weighted by Gasteiger charge is 2.29. The van der Waals surface area contributed by atoms with Crippen molar-refractivity contribution in [3.63, 3.8) is 0 Å². The van der Waals surface area contributed by atoms with E-state index in [2.05, 4.69) is 15.6 Å². The van der Waals surface area contributed by atoms with Gasteiger partial charge in [0.05, 0.1) is 11.9 Å². The normalized spacial score (nSPS) is 21.2. The van der Waals surface area contributed by atoms with E-state index in [-0.39, 0.29) is 24.0 Å². The minimum absolute atomic E-state index is 0.0677. The number of hydrogen-bond acceptors (Lipinski definition) is 4. The van der Waals surface area contributed by atoms with Crippen molar-refractivity contribution in [2.24, 2.45) is 5.92 Å². The molecule has 28 heavy (non-hydrogen) atoms. The van der Waals surface area contributed by atoms with Crippen LogP contribution >= 0.6 is 0 Å². The molecule has 0 aromatic carbocycles. The Bertz CT molecular complexity index is 675. The Morgan fingerprint density at radius 3 is 2.39 bits per heavy atom. The predicted octanol–water partition coefficient (Wildman–Crippen LogP) is 3.32.